The van der Waals surface area contributed by atoms with Crippen molar-refractivity contribution in [3.05, 3.63) is 65.7 Å². The fourth-order valence-corrected chi connectivity index (χ4v) is 3.34. The van der Waals surface area contributed by atoms with Crippen LogP contribution in [0, 0.1) is 0 Å². The molecule has 2 amide bonds. The summed E-state index contributed by atoms with van der Waals surface area (Å²) in [5.74, 6) is -0.0690. The van der Waals surface area contributed by atoms with Gasteiger partial charge in [-0.05, 0) is 30.0 Å². The average Bonchev–Trinajstić information content (AvgIpc) is 3.05. The first kappa shape index (κ1) is 17.2. The van der Waals surface area contributed by atoms with Gasteiger partial charge < -0.3 is 5.32 Å². The number of amides is 2. The van der Waals surface area contributed by atoms with E-state index in [2.05, 4.69) is 17.4 Å². The molecule has 0 bridgehead atoms. The number of anilines is 1. The van der Waals surface area contributed by atoms with Crippen LogP contribution >= 0.6 is 0 Å². The lowest BCUT2D eigenvalue weighted by molar-refractivity contribution is -0.126. The van der Waals surface area contributed by atoms with E-state index in [4.69, 9.17) is 0 Å². The third-order valence-electron chi connectivity index (χ3n) is 4.63. The highest BCUT2D eigenvalue weighted by Crippen LogP contribution is 2.32. The maximum Gasteiger partial charge on any atom is 0.243 e. The fourth-order valence-electron chi connectivity index (χ4n) is 3.34. The molecular formula is C21H24N2O2. The molecule has 0 aromatic heterocycles. The molecule has 1 atom stereocenters. The van der Waals surface area contributed by atoms with E-state index in [9.17, 15) is 9.59 Å². The zero-order valence-corrected chi connectivity index (χ0v) is 14.6. The molecule has 1 heterocycles. The number of fused-ring (bicyclic) bond motifs is 1. The zero-order valence-electron chi connectivity index (χ0n) is 14.6. The molecule has 0 radical (unpaired) electrons. The van der Waals surface area contributed by atoms with Gasteiger partial charge in [-0.1, -0.05) is 55.5 Å². The van der Waals surface area contributed by atoms with Crippen LogP contribution < -0.4 is 10.2 Å². The second-order valence-corrected chi connectivity index (χ2v) is 6.35. The Labute approximate surface area is 148 Å². The molecule has 2 aromatic carbocycles. The van der Waals surface area contributed by atoms with Gasteiger partial charge in [0.15, 0.2) is 0 Å². The molecule has 3 rings (SSSR count). The lowest BCUT2D eigenvalue weighted by Crippen LogP contribution is -2.48. The van der Waals surface area contributed by atoms with Crippen LogP contribution in [0.5, 0.6) is 0 Å². The molecule has 1 aliphatic heterocycles. The molecule has 4 nitrogen and oxygen atoms in total. The predicted molar refractivity (Wildman–Crippen MR) is 99.5 cm³/mol. The van der Waals surface area contributed by atoms with Crippen LogP contribution in [0.4, 0.5) is 5.69 Å². The summed E-state index contributed by atoms with van der Waals surface area (Å²) in [6.07, 6.45) is 2.80. The van der Waals surface area contributed by atoms with Crippen molar-refractivity contribution in [2.24, 2.45) is 0 Å². The van der Waals surface area contributed by atoms with Gasteiger partial charge in [-0.2, -0.15) is 0 Å². The molecule has 130 valence electrons. The van der Waals surface area contributed by atoms with E-state index in [0.717, 1.165) is 24.1 Å². The van der Waals surface area contributed by atoms with E-state index in [1.807, 2.05) is 49.4 Å². The van der Waals surface area contributed by atoms with Gasteiger partial charge in [-0.15, -0.1) is 0 Å². The van der Waals surface area contributed by atoms with Crippen molar-refractivity contribution in [3.8, 4) is 0 Å². The van der Waals surface area contributed by atoms with Gasteiger partial charge in [0, 0.05) is 25.1 Å². The first-order valence-electron chi connectivity index (χ1n) is 8.92. The number of carbonyl (C=O) groups is 2. The average molecular weight is 336 g/mol. The van der Waals surface area contributed by atoms with Crippen molar-refractivity contribution in [2.45, 2.75) is 38.6 Å². The normalized spacial score (nSPS) is 15.7. The molecule has 1 N–H and O–H groups in total. The monoisotopic (exact) mass is 336 g/mol. The SMILES string of the molecule is CCC(=O)N1c2ccccc2CC1C(=O)NCCCc1ccccc1. The minimum Gasteiger partial charge on any atom is -0.354 e. The zero-order chi connectivity index (χ0) is 17.6. The van der Waals surface area contributed by atoms with Crippen molar-refractivity contribution < 1.29 is 9.59 Å². The summed E-state index contributed by atoms with van der Waals surface area (Å²) in [5.41, 5.74) is 3.21. The van der Waals surface area contributed by atoms with Gasteiger partial charge >= 0.3 is 0 Å². The number of carbonyl (C=O) groups excluding carboxylic acids is 2. The molecule has 0 aliphatic carbocycles. The summed E-state index contributed by atoms with van der Waals surface area (Å²) in [5, 5.41) is 3.01. The molecule has 0 saturated heterocycles. The first-order chi connectivity index (χ1) is 12.2. The number of hydrogen-bond acceptors (Lipinski definition) is 2. The molecule has 2 aromatic rings. The summed E-state index contributed by atoms with van der Waals surface area (Å²) in [4.78, 5) is 26.7. The van der Waals surface area contributed by atoms with Crippen LogP contribution in [0.3, 0.4) is 0 Å². The van der Waals surface area contributed by atoms with Crippen LogP contribution in [-0.4, -0.2) is 24.4 Å². The van der Waals surface area contributed by atoms with E-state index >= 15 is 0 Å². The van der Waals surface area contributed by atoms with E-state index in [1.54, 1.807) is 4.90 Å². The van der Waals surface area contributed by atoms with Gasteiger partial charge in [-0.25, -0.2) is 0 Å². The van der Waals surface area contributed by atoms with Crippen molar-refractivity contribution in [3.63, 3.8) is 0 Å². The van der Waals surface area contributed by atoms with E-state index in [-0.39, 0.29) is 11.8 Å². The first-order valence-corrected chi connectivity index (χ1v) is 8.92. The summed E-state index contributed by atoms with van der Waals surface area (Å²) < 4.78 is 0. The van der Waals surface area contributed by atoms with Crippen molar-refractivity contribution in [2.75, 3.05) is 11.4 Å². The number of hydrogen-bond donors (Lipinski definition) is 1. The topological polar surface area (TPSA) is 49.4 Å². The molecule has 0 spiro atoms. The van der Waals surface area contributed by atoms with Gasteiger partial charge in [0.1, 0.15) is 6.04 Å². The number of nitrogens with one attached hydrogen (secondary N) is 1. The number of benzene rings is 2. The smallest absolute Gasteiger partial charge is 0.243 e. The maximum absolute atomic E-state index is 12.7. The van der Waals surface area contributed by atoms with Crippen molar-refractivity contribution >= 4 is 17.5 Å². The number of aryl methyl sites for hydroxylation is 1. The lowest BCUT2D eigenvalue weighted by atomic mass is 10.1. The van der Waals surface area contributed by atoms with E-state index in [1.165, 1.54) is 5.56 Å². The molecule has 1 unspecified atom stereocenters. The summed E-state index contributed by atoms with van der Waals surface area (Å²) in [7, 11) is 0. The molecule has 25 heavy (non-hydrogen) atoms. The molecule has 1 aliphatic rings. The highest BCUT2D eigenvalue weighted by molar-refractivity contribution is 6.03. The minimum absolute atomic E-state index is 0.00520. The minimum atomic E-state index is -0.429. The highest BCUT2D eigenvalue weighted by Gasteiger charge is 2.37. The fraction of sp³-hybridized carbons (Fsp3) is 0.333. The standard InChI is InChI=1S/C21H24N2O2/c1-2-20(24)23-18-13-7-6-12-17(18)15-19(23)21(25)22-14-8-11-16-9-4-3-5-10-16/h3-7,9-10,12-13,19H,2,8,11,14-15H2,1H3,(H,22,25). The third-order valence-corrected chi connectivity index (χ3v) is 4.63. The van der Waals surface area contributed by atoms with Gasteiger partial charge in [0.05, 0.1) is 0 Å². The largest absolute Gasteiger partial charge is 0.354 e. The molecule has 0 fully saturated rings. The van der Waals surface area contributed by atoms with Gasteiger partial charge in [0.2, 0.25) is 11.8 Å². The lowest BCUT2D eigenvalue weighted by Gasteiger charge is -2.24. The number of nitrogens with zero attached hydrogens (tertiary/aromatic N) is 1. The summed E-state index contributed by atoms with van der Waals surface area (Å²) in [6.45, 7) is 2.45. The van der Waals surface area contributed by atoms with Crippen LogP contribution in [0.25, 0.3) is 0 Å². The Balaban J connectivity index is 1.58. The number of rotatable bonds is 6. The Morgan fingerprint density at radius 1 is 1.08 bits per heavy atom. The summed E-state index contributed by atoms with van der Waals surface area (Å²) in [6, 6.07) is 17.6. The highest BCUT2D eigenvalue weighted by atomic mass is 16.2. The Bertz CT molecular complexity index is 743. The Kier molecular flexibility index (Phi) is 5.49. The maximum atomic E-state index is 12.7. The van der Waals surface area contributed by atoms with Gasteiger partial charge in [0.25, 0.3) is 0 Å². The number of para-hydroxylation sites is 1. The summed E-state index contributed by atoms with van der Waals surface area (Å²) >= 11 is 0. The second-order valence-electron chi connectivity index (χ2n) is 6.35. The van der Waals surface area contributed by atoms with E-state index in [0.29, 0.717) is 19.4 Å². The van der Waals surface area contributed by atoms with Crippen LogP contribution in [0.1, 0.15) is 30.9 Å². The Morgan fingerprint density at radius 2 is 1.80 bits per heavy atom. The second kappa shape index (κ2) is 7.97. The molecule has 0 saturated carbocycles. The van der Waals surface area contributed by atoms with Gasteiger partial charge in [-0.3, -0.25) is 14.5 Å². The Morgan fingerprint density at radius 3 is 2.56 bits per heavy atom. The molecule has 4 heteroatoms. The quantitative estimate of drug-likeness (QED) is 0.824. The third kappa shape index (κ3) is 3.90. The van der Waals surface area contributed by atoms with Crippen molar-refractivity contribution in [1.29, 1.82) is 0 Å². The predicted octanol–water partition coefficient (Wildman–Crippen LogP) is 3.10. The Hall–Kier alpha value is -2.62. The van der Waals surface area contributed by atoms with E-state index < -0.39 is 6.04 Å². The molecular weight excluding hydrogens is 312 g/mol. The van der Waals surface area contributed by atoms with Crippen molar-refractivity contribution in [1.82, 2.24) is 5.32 Å². The van der Waals surface area contributed by atoms with Crippen LogP contribution in [0.2, 0.25) is 0 Å². The van der Waals surface area contributed by atoms with Crippen LogP contribution in [0.15, 0.2) is 54.6 Å². The van der Waals surface area contributed by atoms with Crippen LogP contribution in [-0.2, 0) is 22.4 Å².